The summed E-state index contributed by atoms with van der Waals surface area (Å²) >= 11 is 0. The highest BCUT2D eigenvalue weighted by atomic mass is 16.4. The van der Waals surface area contributed by atoms with Crippen molar-refractivity contribution in [3.05, 3.63) is 23.8 Å². The Morgan fingerprint density at radius 1 is 0.489 bits per heavy atom. The summed E-state index contributed by atoms with van der Waals surface area (Å²) in [6.45, 7) is 4.99. The number of aliphatic hydroxyl groups is 2. The lowest BCUT2D eigenvalue weighted by molar-refractivity contribution is -0.132. The normalized spacial score (nSPS) is 20.5. The minimum atomic E-state index is -1.22. The van der Waals surface area contributed by atoms with E-state index in [9.17, 15) is 19.8 Å². The molecule has 0 unspecified atom stereocenters. The van der Waals surface area contributed by atoms with E-state index in [4.69, 9.17) is 10.2 Å². The maximum atomic E-state index is 10.2. The number of carboxylic acid groups (broad SMARTS) is 2. The van der Waals surface area contributed by atoms with E-state index in [1.807, 2.05) is 0 Å². The van der Waals surface area contributed by atoms with Crippen molar-refractivity contribution in [1.29, 1.82) is 0 Å². The molecule has 276 valence electrons. The van der Waals surface area contributed by atoms with Gasteiger partial charge in [-0.3, -0.25) is 0 Å². The van der Waals surface area contributed by atoms with Crippen LogP contribution in [-0.2, 0) is 9.59 Å². The summed E-state index contributed by atoms with van der Waals surface area (Å²) in [5, 5.41) is 35.0. The average Bonchev–Trinajstić information content (AvgIpc) is 3.07. The van der Waals surface area contributed by atoms with E-state index in [0.29, 0.717) is 0 Å². The van der Waals surface area contributed by atoms with E-state index >= 15 is 0 Å². The molecule has 0 atom stereocenters. The van der Waals surface area contributed by atoms with E-state index in [0.717, 1.165) is 18.9 Å². The van der Waals surface area contributed by atoms with E-state index in [1.165, 1.54) is 193 Å². The van der Waals surface area contributed by atoms with Crippen molar-refractivity contribution >= 4 is 11.9 Å². The minimum absolute atomic E-state index is 0.0441. The fraction of sp³-hybridized carbons (Fsp3) is 0.854. The summed E-state index contributed by atoms with van der Waals surface area (Å²) in [6.07, 6.45) is 44.5. The Hall–Kier alpha value is -1.66. The van der Waals surface area contributed by atoms with Crippen molar-refractivity contribution in [1.82, 2.24) is 0 Å². The molecule has 0 aromatic heterocycles. The zero-order chi connectivity index (χ0) is 34.9. The monoisotopic (exact) mass is 665 g/mol. The first-order valence-electron chi connectivity index (χ1n) is 19.8. The quantitative estimate of drug-likeness (QED) is 0.159. The fourth-order valence-electron chi connectivity index (χ4n) is 7.03. The summed E-state index contributed by atoms with van der Waals surface area (Å²) in [4.78, 5) is 20.3. The fourth-order valence-corrected chi connectivity index (χ4v) is 7.03. The molecule has 4 N–H and O–H groups in total. The predicted octanol–water partition coefficient (Wildman–Crippen LogP) is 11.7. The first-order chi connectivity index (χ1) is 22.8. The molecule has 3 fully saturated rings. The number of aliphatic hydroxyl groups excluding tert-OH is 2. The second kappa shape index (κ2) is 32.9. The van der Waals surface area contributed by atoms with Gasteiger partial charge in [0.15, 0.2) is 0 Å². The van der Waals surface area contributed by atoms with E-state index in [-0.39, 0.29) is 29.8 Å². The molecule has 3 aliphatic rings. The molecule has 0 heterocycles. The van der Waals surface area contributed by atoms with Gasteiger partial charge in [0.1, 0.15) is 0 Å². The second-order valence-corrected chi connectivity index (χ2v) is 14.5. The molecule has 0 aliphatic heterocycles. The number of carbonyl (C=O) groups is 2. The first kappa shape index (κ1) is 45.3. The minimum Gasteiger partial charge on any atom is -0.478 e. The van der Waals surface area contributed by atoms with Gasteiger partial charge in [0.25, 0.3) is 0 Å². The molecule has 3 rings (SSSR count). The molecule has 0 saturated heterocycles. The summed E-state index contributed by atoms with van der Waals surface area (Å²) in [5.74, 6) is -2.36. The molecule has 3 aliphatic carbocycles. The number of hydrogen-bond acceptors (Lipinski definition) is 4. The van der Waals surface area contributed by atoms with E-state index in [2.05, 4.69) is 6.58 Å². The van der Waals surface area contributed by atoms with Crippen LogP contribution in [0.4, 0.5) is 0 Å². The lowest BCUT2D eigenvalue weighted by Gasteiger charge is -2.34. The topological polar surface area (TPSA) is 115 Å². The molecule has 6 nitrogen and oxygen atoms in total. The van der Waals surface area contributed by atoms with Gasteiger partial charge < -0.3 is 20.4 Å². The van der Waals surface area contributed by atoms with Crippen LogP contribution in [0.2, 0.25) is 0 Å². The molecule has 3 saturated carbocycles. The zero-order valence-corrected chi connectivity index (χ0v) is 30.7. The molecule has 47 heavy (non-hydrogen) atoms. The Bertz CT molecular complexity index is 684. The van der Waals surface area contributed by atoms with Gasteiger partial charge in [-0.1, -0.05) is 180 Å². The van der Waals surface area contributed by atoms with Crippen LogP contribution in [0.25, 0.3) is 0 Å². The van der Waals surface area contributed by atoms with Gasteiger partial charge in [0.05, 0.1) is 5.57 Å². The van der Waals surface area contributed by atoms with Crippen LogP contribution in [0.1, 0.15) is 206 Å². The summed E-state index contributed by atoms with van der Waals surface area (Å²) < 4.78 is 0. The van der Waals surface area contributed by atoms with Crippen molar-refractivity contribution < 1.29 is 30.0 Å². The van der Waals surface area contributed by atoms with Crippen molar-refractivity contribution in [3.63, 3.8) is 0 Å². The highest BCUT2D eigenvalue weighted by molar-refractivity contribution is 5.93. The Balaban J connectivity index is 0.000000614. The number of aliphatic carboxylic acids is 2. The van der Waals surface area contributed by atoms with Crippen LogP contribution >= 0.6 is 0 Å². The van der Waals surface area contributed by atoms with Crippen LogP contribution < -0.4 is 0 Å². The predicted molar refractivity (Wildman–Crippen MR) is 198 cm³/mol. The third kappa shape index (κ3) is 29.0. The van der Waals surface area contributed by atoms with Crippen LogP contribution in [0.3, 0.4) is 0 Å². The molecule has 0 radical (unpaired) electrons. The van der Waals surface area contributed by atoms with Crippen molar-refractivity contribution in [2.45, 2.75) is 206 Å². The lowest BCUT2D eigenvalue weighted by atomic mass is 9.72. The highest BCUT2D eigenvalue weighted by Crippen LogP contribution is 2.39. The van der Waals surface area contributed by atoms with Gasteiger partial charge >= 0.3 is 11.9 Å². The number of rotatable bonds is 7. The smallest absolute Gasteiger partial charge is 0.335 e. The Morgan fingerprint density at radius 3 is 0.915 bits per heavy atom. The van der Waals surface area contributed by atoms with Gasteiger partial charge in [-0.2, -0.15) is 0 Å². The standard InChI is InChI=1S/C14H28O2.2C10H20.C7H8O4/c15-12-10-14(11-13-16)8-6-4-2-1-3-5-7-9-14;2*1-2-4-6-8-10-9-7-5-3-1;1-4(6(8)9)3-5(2)7(10)11/h15-16H,1-13H2;2*1-10H2;3H,1H2,2H3,(H,8,9)(H,10,11). The van der Waals surface area contributed by atoms with Gasteiger partial charge in [0.2, 0.25) is 0 Å². The Labute approximate surface area is 289 Å². The van der Waals surface area contributed by atoms with E-state index in [1.54, 1.807) is 0 Å². The molecular weight excluding hydrogens is 588 g/mol. The third-order valence-electron chi connectivity index (χ3n) is 10.2. The zero-order valence-electron chi connectivity index (χ0n) is 30.7. The van der Waals surface area contributed by atoms with Gasteiger partial charge in [0, 0.05) is 18.8 Å². The van der Waals surface area contributed by atoms with Crippen molar-refractivity contribution in [3.8, 4) is 0 Å². The van der Waals surface area contributed by atoms with Crippen LogP contribution in [-0.4, -0.2) is 45.6 Å². The number of hydrogen-bond donors (Lipinski definition) is 4. The van der Waals surface area contributed by atoms with Crippen LogP contribution in [0, 0.1) is 5.41 Å². The molecule has 0 amide bonds. The third-order valence-corrected chi connectivity index (χ3v) is 10.2. The molecule has 0 aromatic carbocycles. The second-order valence-electron chi connectivity index (χ2n) is 14.5. The molecule has 0 bridgehead atoms. The number of carboxylic acids is 2. The Morgan fingerprint density at radius 2 is 0.723 bits per heavy atom. The van der Waals surface area contributed by atoms with Gasteiger partial charge in [-0.25, -0.2) is 9.59 Å². The largest absolute Gasteiger partial charge is 0.478 e. The van der Waals surface area contributed by atoms with Gasteiger partial charge in [-0.05, 0) is 44.1 Å². The average molecular weight is 665 g/mol. The maximum Gasteiger partial charge on any atom is 0.335 e. The summed E-state index contributed by atoms with van der Waals surface area (Å²) in [5.41, 5.74) is -0.0387. The van der Waals surface area contributed by atoms with Crippen molar-refractivity contribution in [2.24, 2.45) is 5.41 Å². The molecule has 0 spiro atoms. The highest BCUT2D eigenvalue weighted by Gasteiger charge is 2.28. The van der Waals surface area contributed by atoms with Gasteiger partial charge in [-0.15, -0.1) is 0 Å². The van der Waals surface area contributed by atoms with E-state index < -0.39 is 11.9 Å². The Kier molecular flexibility index (Phi) is 31.7. The van der Waals surface area contributed by atoms with Crippen LogP contribution in [0.5, 0.6) is 0 Å². The molecule has 6 heteroatoms. The van der Waals surface area contributed by atoms with Crippen LogP contribution in [0.15, 0.2) is 23.8 Å². The summed E-state index contributed by atoms with van der Waals surface area (Å²) in [7, 11) is 0. The maximum absolute atomic E-state index is 10.2. The summed E-state index contributed by atoms with van der Waals surface area (Å²) in [6, 6.07) is 0. The first-order valence-corrected chi connectivity index (χ1v) is 19.8. The molecule has 0 aromatic rings. The molecular formula is C41H76O6. The lowest BCUT2D eigenvalue weighted by Crippen LogP contribution is -2.24. The van der Waals surface area contributed by atoms with Crippen molar-refractivity contribution in [2.75, 3.05) is 13.2 Å². The SMILES string of the molecule is C1CCCCCCCCC1.C1CCCCCCCCC1.C=C(C=C(C)C(=O)O)C(=O)O.OCCC1(CCO)CCCCCCCCC1.